The average Bonchev–Trinajstić information content (AvgIpc) is 3.15. The molecule has 15 heteroatoms. The number of nitrogens with zero attached hydrogens (tertiary/aromatic N) is 1. The van der Waals surface area contributed by atoms with Gasteiger partial charge in [-0.15, -0.1) is 0 Å². The summed E-state index contributed by atoms with van der Waals surface area (Å²) in [5.74, 6) is -1.21. The van der Waals surface area contributed by atoms with E-state index in [1.54, 1.807) is 48.5 Å². The zero-order chi connectivity index (χ0) is 37.0. The largest absolute Gasteiger partial charge is 0.465 e. The van der Waals surface area contributed by atoms with E-state index in [0.717, 1.165) is 5.39 Å². The van der Waals surface area contributed by atoms with Gasteiger partial charge in [0.05, 0.1) is 46.5 Å². The van der Waals surface area contributed by atoms with Crippen molar-refractivity contribution in [3.8, 4) is 0 Å². The number of carbonyl (C=O) groups excluding carboxylic acids is 3. The first-order valence-corrected chi connectivity index (χ1v) is 18.4. The fraction of sp³-hybridized carbons (Fsp3) is 0.0541. The lowest BCUT2D eigenvalue weighted by Crippen LogP contribution is -2.27. The van der Waals surface area contributed by atoms with Crippen LogP contribution in [0, 0.1) is 0 Å². The lowest BCUT2D eigenvalue weighted by molar-refractivity contribution is -0.107. The Morgan fingerprint density at radius 2 is 1.04 bits per heavy atom. The molecule has 0 saturated carbocycles. The number of hydrogen-bond acceptors (Lipinski definition) is 10. The van der Waals surface area contributed by atoms with Gasteiger partial charge in [-0.1, -0.05) is 36.4 Å². The summed E-state index contributed by atoms with van der Waals surface area (Å²) < 4.78 is 67.5. The molecule has 264 valence electrons. The summed E-state index contributed by atoms with van der Waals surface area (Å²) in [7, 11) is -5.66. The van der Waals surface area contributed by atoms with Crippen molar-refractivity contribution in [3.63, 3.8) is 0 Å². The van der Waals surface area contributed by atoms with E-state index in [1.165, 1.54) is 92.0 Å². The van der Waals surface area contributed by atoms with Gasteiger partial charge in [0.15, 0.2) is 0 Å². The molecule has 0 spiro atoms. The Bertz CT molecular complexity index is 2590. The van der Waals surface area contributed by atoms with E-state index in [1.807, 2.05) is 0 Å². The summed E-state index contributed by atoms with van der Waals surface area (Å²) in [5.41, 5.74) is 4.59. The summed E-state index contributed by atoms with van der Waals surface area (Å²) in [6.45, 7) is 0. The normalized spacial score (nSPS) is 11.4. The maximum absolute atomic E-state index is 13.3. The number of ether oxygens (including phenoxy) is 2. The molecule has 6 aromatic carbocycles. The van der Waals surface area contributed by atoms with E-state index in [0.29, 0.717) is 33.9 Å². The molecule has 3 N–H and O–H groups in total. The number of methoxy groups -OCH3 is 2. The molecule has 0 fully saturated rings. The van der Waals surface area contributed by atoms with Crippen LogP contribution in [0.2, 0.25) is 0 Å². The van der Waals surface area contributed by atoms with Crippen LogP contribution < -0.4 is 19.9 Å². The van der Waals surface area contributed by atoms with Gasteiger partial charge < -0.3 is 9.47 Å². The van der Waals surface area contributed by atoms with Crippen molar-refractivity contribution in [2.75, 3.05) is 34.1 Å². The molecule has 0 heterocycles. The van der Waals surface area contributed by atoms with E-state index in [2.05, 4.69) is 14.9 Å². The van der Waals surface area contributed by atoms with Gasteiger partial charge in [-0.05, 0) is 106 Å². The van der Waals surface area contributed by atoms with Crippen LogP contribution in [-0.4, -0.2) is 49.4 Å². The first-order valence-electron chi connectivity index (χ1n) is 15.4. The monoisotopic (exact) mass is 738 g/mol. The Morgan fingerprint density at radius 1 is 0.558 bits per heavy atom. The Hall–Kier alpha value is -6.45. The lowest BCUT2D eigenvalue weighted by Gasteiger charge is -2.21. The Labute approximate surface area is 298 Å². The van der Waals surface area contributed by atoms with Gasteiger partial charge in [0.25, 0.3) is 20.0 Å². The molecule has 0 radical (unpaired) electrons. The highest BCUT2D eigenvalue weighted by molar-refractivity contribution is 7.93. The molecule has 52 heavy (non-hydrogen) atoms. The maximum Gasteiger partial charge on any atom is 0.337 e. The molecule has 0 unspecified atom stereocenters. The molecule has 6 rings (SSSR count). The van der Waals surface area contributed by atoms with Crippen molar-refractivity contribution in [2.24, 2.45) is 0 Å². The molecule has 1 amide bonds. The number of hydrogen-bond donors (Lipinski definition) is 3. The average molecular weight is 739 g/mol. The van der Waals surface area contributed by atoms with Crippen molar-refractivity contribution < 1.29 is 40.7 Å². The van der Waals surface area contributed by atoms with Crippen molar-refractivity contribution in [3.05, 3.63) is 132 Å². The van der Waals surface area contributed by atoms with Gasteiger partial charge in [-0.3, -0.25) is 19.7 Å². The third kappa shape index (κ3) is 7.65. The van der Waals surface area contributed by atoms with Crippen LogP contribution in [0.3, 0.4) is 0 Å². The second-order valence-electron chi connectivity index (χ2n) is 11.4. The Kier molecular flexibility index (Phi) is 9.81. The highest BCUT2D eigenvalue weighted by atomic mass is 32.2. The number of sulfonamides is 2. The number of anilines is 4. The van der Waals surface area contributed by atoms with E-state index >= 15 is 0 Å². The number of amides is 1. The van der Waals surface area contributed by atoms with Gasteiger partial charge in [0.2, 0.25) is 6.41 Å². The number of esters is 2. The van der Waals surface area contributed by atoms with Crippen LogP contribution in [0.4, 0.5) is 22.7 Å². The number of rotatable bonds is 12. The predicted octanol–water partition coefficient (Wildman–Crippen LogP) is 6.16. The molecule has 6 aromatic rings. The number of benzene rings is 6. The number of hydrazine groups is 1. The third-order valence-corrected chi connectivity index (χ3v) is 10.7. The molecule has 0 aliphatic heterocycles. The third-order valence-electron chi connectivity index (χ3n) is 7.93. The molecular weight excluding hydrogens is 709 g/mol. The second-order valence-corrected chi connectivity index (χ2v) is 14.7. The Morgan fingerprint density at radius 3 is 1.54 bits per heavy atom. The predicted molar refractivity (Wildman–Crippen MR) is 197 cm³/mol. The number of nitrogens with one attached hydrogen (secondary N) is 3. The van der Waals surface area contributed by atoms with E-state index in [4.69, 9.17) is 9.47 Å². The van der Waals surface area contributed by atoms with Gasteiger partial charge in [-0.25, -0.2) is 31.4 Å². The fourth-order valence-corrected chi connectivity index (χ4v) is 7.53. The maximum atomic E-state index is 13.3. The molecule has 0 aromatic heterocycles. The van der Waals surface area contributed by atoms with Crippen LogP contribution in [0.25, 0.3) is 21.5 Å². The van der Waals surface area contributed by atoms with Crippen molar-refractivity contribution in [1.82, 2.24) is 0 Å². The van der Waals surface area contributed by atoms with Gasteiger partial charge >= 0.3 is 11.9 Å². The molecule has 0 saturated heterocycles. The minimum absolute atomic E-state index is 0.0289. The minimum atomic E-state index is -4.07. The second kappa shape index (κ2) is 14.4. The van der Waals surface area contributed by atoms with Gasteiger partial charge in [0.1, 0.15) is 0 Å². The summed E-state index contributed by atoms with van der Waals surface area (Å²) >= 11 is 0. The molecule has 13 nitrogen and oxygen atoms in total. The number of fused-ring (bicyclic) bond motifs is 2. The minimum Gasteiger partial charge on any atom is -0.465 e. The molecule has 0 atom stereocenters. The van der Waals surface area contributed by atoms with Crippen LogP contribution in [-0.2, 0) is 34.3 Å². The zero-order valence-corrected chi connectivity index (χ0v) is 29.2. The smallest absolute Gasteiger partial charge is 0.337 e. The lowest BCUT2D eigenvalue weighted by atomic mass is 10.1. The molecule has 0 aliphatic rings. The standard InChI is InChI=1S/C37H30N4O9S2/c1-49-36(43)26-5-3-7-31(17-26)39-51(45,46)34-15-11-24-9-13-30(19-28(24)21-34)38-41(23-42)33-14-10-25-12-16-35(22-29(25)20-33)52(47,48)40-32-8-4-6-27(18-32)37(44)50-2/h3-23,38-40H,1-2H3. The fourth-order valence-electron chi connectivity index (χ4n) is 5.36. The van der Waals surface area contributed by atoms with Crippen molar-refractivity contribution in [1.29, 1.82) is 0 Å². The van der Waals surface area contributed by atoms with Gasteiger partial charge in [0, 0.05) is 11.4 Å². The van der Waals surface area contributed by atoms with Crippen LogP contribution in [0.15, 0.2) is 131 Å². The summed E-state index contributed by atoms with van der Waals surface area (Å²) in [6.07, 6.45) is 0.551. The number of carbonyl (C=O) groups is 3. The summed E-state index contributed by atoms with van der Waals surface area (Å²) in [5, 5.41) is 3.73. The Balaban J connectivity index is 1.23. The van der Waals surface area contributed by atoms with Crippen LogP contribution in [0.5, 0.6) is 0 Å². The summed E-state index contributed by atoms with van der Waals surface area (Å²) in [4.78, 5) is 36.0. The van der Waals surface area contributed by atoms with Crippen molar-refractivity contribution >= 4 is 82.7 Å². The van der Waals surface area contributed by atoms with E-state index < -0.39 is 32.0 Å². The van der Waals surface area contributed by atoms with E-state index in [9.17, 15) is 31.2 Å². The molecule has 0 bridgehead atoms. The topological polar surface area (TPSA) is 177 Å². The van der Waals surface area contributed by atoms with Crippen LogP contribution in [0.1, 0.15) is 20.7 Å². The molecular formula is C37H30N4O9S2. The van der Waals surface area contributed by atoms with Crippen LogP contribution >= 0.6 is 0 Å². The zero-order valence-electron chi connectivity index (χ0n) is 27.6. The van der Waals surface area contributed by atoms with Gasteiger partial charge in [-0.2, -0.15) is 0 Å². The van der Waals surface area contributed by atoms with E-state index in [-0.39, 0.29) is 32.3 Å². The first-order chi connectivity index (χ1) is 24.9. The quantitative estimate of drug-likeness (QED) is 0.0749. The highest BCUT2D eigenvalue weighted by Gasteiger charge is 2.19. The first kappa shape index (κ1) is 35.4. The highest BCUT2D eigenvalue weighted by Crippen LogP contribution is 2.28. The SMILES string of the molecule is COC(=O)c1cccc(NS(=O)(=O)c2ccc3ccc(NN(C=O)c4ccc5ccc(S(=O)(=O)Nc6cccc(C(=O)OC)c6)cc5c4)cc3c2)c1. The summed E-state index contributed by atoms with van der Waals surface area (Å²) in [6, 6.07) is 31.2. The molecule has 0 aliphatic carbocycles. The van der Waals surface area contributed by atoms with Crippen molar-refractivity contribution in [2.45, 2.75) is 9.79 Å².